The summed E-state index contributed by atoms with van der Waals surface area (Å²) in [5.41, 5.74) is 0. The highest BCUT2D eigenvalue weighted by atomic mass is 28.4. The van der Waals surface area contributed by atoms with E-state index in [0.29, 0.717) is 13.2 Å². The van der Waals surface area contributed by atoms with E-state index in [9.17, 15) is 4.79 Å². The highest BCUT2D eigenvalue weighted by Gasteiger charge is 2.38. The first-order valence-corrected chi connectivity index (χ1v) is 15.7. The molecule has 0 rings (SSSR count). The Bertz CT molecular complexity index is 523. The largest absolute Gasteiger partial charge is 0.478 e. The Hall–Kier alpha value is -0.696. The molecule has 0 fully saturated rings. The summed E-state index contributed by atoms with van der Waals surface area (Å²) >= 11 is 0. The van der Waals surface area contributed by atoms with Gasteiger partial charge in [0.05, 0.1) is 0 Å². The van der Waals surface area contributed by atoms with E-state index in [1.807, 2.05) is 6.08 Å². The molecule has 0 amide bonds. The maximum Gasteiger partial charge on any atom is 0.328 e. The van der Waals surface area contributed by atoms with E-state index >= 15 is 0 Å². The van der Waals surface area contributed by atoms with Crippen LogP contribution in [0.4, 0.5) is 0 Å². The topological polar surface area (TPSA) is 55.8 Å². The van der Waals surface area contributed by atoms with E-state index < -0.39 is 22.6 Å². The van der Waals surface area contributed by atoms with Gasteiger partial charge in [0.25, 0.3) is 0 Å². The molecule has 0 unspecified atom stereocenters. The Morgan fingerprint density at radius 3 is 1.85 bits per heavy atom. The van der Waals surface area contributed by atoms with Crippen molar-refractivity contribution in [2.45, 2.75) is 84.2 Å². The van der Waals surface area contributed by atoms with Crippen molar-refractivity contribution in [2.24, 2.45) is 5.92 Å². The molecule has 6 heteroatoms. The van der Waals surface area contributed by atoms with Gasteiger partial charge in [-0.25, -0.2) is 4.79 Å². The fraction of sp³-hybridized carbons (Fsp3) is 0.762. The number of allylic oxidation sites excluding steroid dienone is 2. The van der Waals surface area contributed by atoms with Crippen molar-refractivity contribution >= 4 is 22.6 Å². The maximum atomic E-state index is 10.6. The summed E-state index contributed by atoms with van der Waals surface area (Å²) in [5.74, 6) is -0.725. The number of carboxylic acids is 1. The molecule has 0 aromatic rings. The third-order valence-corrected chi connectivity index (χ3v) is 15.0. The molecule has 0 bridgehead atoms. The fourth-order valence-electron chi connectivity index (χ4n) is 1.81. The molecule has 0 radical (unpaired) electrons. The van der Waals surface area contributed by atoms with Crippen LogP contribution in [-0.4, -0.2) is 40.9 Å². The minimum absolute atomic E-state index is 0.169. The summed E-state index contributed by atoms with van der Waals surface area (Å²) in [4.78, 5) is 10.6. The van der Waals surface area contributed by atoms with Crippen LogP contribution in [-0.2, 0) is 13.6 Å². The van der Waals surface area contributed by atoms with Gasteiger partial charge in [-0.1, -0.05) is 59.8 Å². The van der Waals surface area contributed by atoms with Crippen LogP contribution in [0.1, 0.15) is 48.0 Å². The number of hydrogen-bond donors (Lipinski definition) is 1. The molecule has 0 aromatic carbocycles. The summed E-state index contributed by atoms with van der Waals surface area (Å²) in [6.45, 7) is 23.8. The molecule has 1 N–H and O–H groups in total. The van der Waals surface area contributed by atoms with Crippen molar-refractivity contribution < 1.29 is 18.8 Å². The van der Waals surface area contributed by atoms with Gasteiger partial charge in [0.1, 0.15) is 0 Å². The summed E-state index contributed by atoms with van der Waals surface area (Å²) in [6.07, 6.45) is 7.44. The average Bonchev–Trinajstić information content (AvgIpc) is 2.45. The van der Waals surface area contributed by atoms with Gasteiger partial charge in [0.2, 0.25) is 0 Å². The minimum Gasteiger partial charge on any atom is -0.478 e. The Kier molecular flexibility index (Phi) is 9.92. The molecule has 0 saturated carbocycles. The van der Waals surface area contributed by atoms with Crippen molar-refractivity contribution in [3.8, 4) is 0 Å². The molecule has 0 heterocycles. The normalized spacial score (nSPS) is 15.6. The molecule has 0 aromatic heterocycles. The molecular weight excluding hydrogens is 372 g/mol. The average molecular weight is 415 g/mol. The van der Waals surface area contributed by atoms with E-state index in [0.717, 1.165) is 12.5 Å². The number of carboxylic acid groups (broad SMARTS) is 1. The number of hydrogen-bond acceptors (Lipinski definition) is 3. The standard InChI is InChI=1S/C21H42O4Si2/c1-20(2,3)26(7,8)24-16-15-18(13-11-12-14-19(22)23)17-25-27(9,10)21(4,5)6/h11-14,18H,15-17H2,1-10H3,(H,22,23)/b13-11+,14-12+/t18-/m1/s1. The summed E-state index contributed by atoms with van der Waals surface area (Å²) < 4.78 is 12.7. The Morgan fingerprint density at radius 1 is 0.926 bits per heavy atom. The first-order valence-electron chi connectivity index (χ1n) is 9.85. The second kappa shape index (κ2) is 10.2. The number of carbonyl (C=O) groups is 1. The SMILES string of the molecule is CC(C)(C)[Si](C)(C)OCC[C@@H](/C=C/C=C/C(=O)O)CO[Si](C)(C)C(C)(C)C. The maximum absolute atomic E-state index is 10.6. The van der Waals surface area contributed by atoms with Gasteiger partial charge in [0.15, 0.2) is 16.6 Å². The zero-order valence-electron chi connectivity index (χ0n) is 19.2. The van der Waals surface area contributed by atoms with Crippen molar-refractivity contribution in [3.63, 3.8) is 0 Å². The lowest BCUT2D eigenvalue weighted by Gasteiger charge is -2.38. The molecule has 0 saturated heterocycles. The van der Waals surface area contributed by atoms with Crippen LogP contribution in [0.3, 0.4) is 0 Å². The third kappa shape index (κ3) is 9.87. The molecule has 158 valence electrons. The highest BCUT2D eigenvalue weighted by molar-refractivity contribution is 6.74. The molecule has 0 spiro atoms. The molecule has 0 aliphatic heterocycles. The van der Waals surface area contributed by atoms with E-state index in [-0.39, 0.29) is 16.0 Å². The van der Waals surface area contributed by atoms with E-state index in [4.69, 9.17) is 14.0 Å². The van der Waals surface area contributed by atoms with Gasteiger partial charge in [-0.2, -0.15) is 0 Å². The second-order valence-corrected chi connectivity index (χ2v) is 19.9. The van der Waals surface area contributed by atoms with E-state index in [2.05, 4.69) is 67.7 Å². The Morgan fingerprint density at radius 2 is 1.41 bits per heavy atom. The van der Waals surface area contributed by atoms with Gasteiger partial charge in [-0.15, -0.1) is 0 Å². The quantitative estimate of drug-likeness (QED) is 0.261. The fourth-order valence-corrected chi connectivity index (χ4v) is 3.93. The lowest BCUT2D eigenvalue weighted by molar-refractivity contribution is -0.131. The van der Waals surface area contributed by atoms with Crippen molar-refractivity contribution in [1.82, 2.24) is 0 Å². The predicted octanol–water partition coefficient (Wildman–Crippen LogP) is 6.23. The summed E-state index contributed by atoms with van der Waals surface area (Å²) in [5, 5.41) is 9.09. The van der Waals surface area contributed by atoms with E-state index in [1.165, 1.54) is 0 Å². The monoisotopic (exact) mass is 414 g/mol. The van der Waals surface area contributed by atoms with Crippen LogP contribution in [0.25, 0.3) is 0 Å². The molecular formula is C21H42O4Si2. The van der Waals surface area contributed by atoms with Gasteiger partial charge in [-0.3, -0.25) is 0 Å². The first-order chi connectivity index (χ1) is 12.0. The molecule has 27 heavy (non-hydrogen) atoms. The van der Waals surface area contributed by atoms with Gasteiger partial charge < -0.3 is 14.0 Å². The lowest BCUT2D eigenvalue weighted by atomic mass is 10.1. The van der Waals surface area contributed by atoms with Crippen LogP contribution in [0, 0.1) is 5.92 Å². The molecule has 1 atom stereocenters. The van der Waals surface area contributed by atoms with Crippen LogP contribution in [0.15, 0.2) is 24.3 Å². The van der Waals surface area contributed by atoms with Gasteiger partial charge >= 0.3 is 5.97 Å². The van der Waals surface area contributed by atoms with Gasteiger partial charge in [-0.05, 0) is 42.7 Å². The van der Waals surface area contributed by atoms with Crippen molar-refractivity contribution in [1.29, 1.82) is 0 Å². The molecule has 0 aliphatic rings. The molecule has 0 aliphatic carbocycles. The van der Waals surface area contributed by atoms with Crippen LogP contribution >= 0.6 is 0 Å². The third-order valence-electron chi connectivity index (χ3n) is 5.96. The Labute approximate surface area is 169 Å². The second-order valence-electron chi connectivity index (χ2n) is 10.3. The Balaban J connectivity index is 4.97. The summed E-state index contributed by atoms with van der Waals surface area (Å²) in [7, 11) is -3.58. The number of rotatable bonds is 10. The van der Waals surface area contributed by atoms with Crippen molar-refractivity contribution in [3.05, 3.63) is 24.3 Å². The van der Waals surface area contributed by atoms with Crippen LogP contribution in [0.5, 0.6) is 0 Å². The zero-order valence-corrected chi connectivity index (χ0v) is 21.2. The van der Waals surface area contributed by atoms with Gasteiger partial charge in [0, 0.05) is 25.2 Å². The smallest absolute Gasteiger partial charge is 0.328 e. The van der Waals surface area contributed by atoms with E-state index in [1.54, 1.807) is 12.2 Å². The predicted molar refractivity (Wildman–Crippen MR) is 120 cm³/mol. The molecule has 4 nitrogen and oxygen atoms in total. The zero-order chi connectivity index (χ0) is 21.5. The highest BCUT2D eigenvalue weighted by Crippen LogP contribution is 2.38. The van der Waals surface area contributed by atoms with Crippen molar-refractivity contribution in [2.75, 3.05) is 13.2 Å². The van der Waals surface area contributed by atoms with Crippen LogP contribution in [0.2, 0.25) is 36.3 Å². The minimum atomic E-state index is -1.82. The first kappa shape index (κ1) is 26.3. The summed E-state index contributed by atoms with van der Waals surface area (Å²) in [6, 6.07) is 0. The lowest BCUT2D eigenvalue weighted by Crippen LogP contribution is -2.42. The number of aliphatic carboxylic acids is 1. The van der Waals surface area contributed by atoms with Crippen LogP contribution < -0.4 is 0 Å².